The summed E-state index contributed by atoms with van der Waals surface area (Å²) in [6.07, 6.45) is 1.56. The SMILES string of the molecule is COc1ccc(CN(C)c2ncnc3c(N4CCOCC4)nc(Cl)nc23)c2ccccc12. The lowest BCUT2D eigenvalue weighted by molar-refractivity contribution is 0.122. The molecule has 32 heavy (non-hydrogen) atoms. The van der Waals surface area contributed by atoms with Crippen LogP contribution in [0.4, 0.5) is 11.6 Å². The number of methoxy groups -OCH3 is 1. The van der Waals surface area contributed by atoms with E-state index >= 15 is 0 Å². The molecule has 1 saturated heterocycles. The summed E-state index contributed by atoms with van der Waals surface area (Å²) in [5.74, 6) is 2.28. The number of rotatable bonds is 5. The van der Waals surface area contributed by atoms with Crippen LogP contribution in [-0.2, 0) is 11.3 Å². The maximum atomic E-state index is 6.32. The van der Waals surface area contributed by atoms with Gasteiger partial charge in [0.25, 0.3) is 0 Å². The van der Waals surface area contributed by atoms with Crippen molar-refractivity contribution >= 4 is 45.0 Å². The van der Waals surface area contributed by atoms with Crippen molar-refractivity contribution in [3.63, 3.8) is 0 Å². The lowest BCUT2D eigenvalue weighted by Gasteiger charge is -2.28. The Morgan fingerprint density at radius 1 is 1.03 bits per heavy atom. The highest BCUT2D eigenvalue weighted by Gasteiger charge is 2.21. The maximum Gasteiger partial charge on any atom is 0.225 e. The molecule has 2 aromatic carbocycles. The van der Waals surface area contributed by atoms with Gasteiger partial charge >= 0.3 is 0 Å². The van der Waals surface area contributed by atoms with E-state index in [1.807, 2.05) is 25.2 Å². The first-order chi connectivity index (χ1) is 15.7. The third kappa shape index (κ3) is 3.76. The molecule has 0 aliphatic carbocycles. The van der Waals surface area contributed by atoms with Crippen molar-refractivity contribution < 1.29 is 9.47 Å². The van der Waals surface area contributed by atoms with Crippen LogP contribution in [0.2, 0.25) is 5.28 Å². The minimum absolute atomic E-state index is 0.179. The fraction of sp³-hybridized carbons (Fsp3) is 0.304. The Hall–Kier alpha value is -3.23. The first kappa shape index (κ1) is 20.7. The van der Waals surface area contributed by atoms with Crippen molar-refractivity contribution in [3.8, 4) is 5.75 Å². The molecule has 5 rings (SSSR count). The molecule has 3 heterocycles. The van der Waals surface area contributed by atoms with Crippen LogP contribution in [0.5, 0.6) is 5.75 Å². The molecule has 1 fully saturated rings. The summed E-state index contributed by atoms with van der Waals surface area (Å²) in [5, 5.41) is 2.39. The minimum atomic E-state index is 0.179. The number of ether oxygens (including phenoxy) is 2. The third-order valence-electron chi connectivity index (χ3n) is 5.69. The Kier molecular flexibility index (Phi) is 5.63. The highest BCUT2D eigenvalue weighted by Crippen LogP contribution is 2.32. The van der Waals surface area contributed by atoms with Gasteiger partial charge in [0.1, 0.15) is 23.1 Å². The smallest absolute Gasteiger partial charge is 0.225 e. The normalized spacial score (nSPS) is 14.2. The van der Waals surface area contributed by atoms with Gasteiger partial charge in [-0.1, -0.05) is 30.3 Å². The summed E-state index contributed by atoms with van der Waals surface area (Å²) < 4.78 is 11.0. The van der Waals surface area contributed by atoms with E-state index in [9.17, 15) is 0 Å². The van der Waals surface area contributed by atoms with Crippen molar-refractivity contribution in [2.75, 3.05) is 50.3 Å². The highest BCUT2D eigenvalue weighted by atomic mass is 35.5. The van der Waals surface area contributed by atoms with Crippen LogP contribution in [0.15, 0.2) is 42.7 Å². The number of morpholine rings is 1. The Labute approximate surface area is 190 Å². The van der Waals surface area contributed by atoms with Gasteiger partial charge in [0.15, 0.2) is 11.6 Å². The van der Waals surface area contributed by atoms with E-state index in [-0.39, 0.29) is 5.28 Å². The van der Waals surface area contributed by atoms with Gasteiger partial charge in [-0.05, 0) is 28.6 Å². The second-order valence-corrected chi connectivity index (χ2v) is 7.98. The summed E-state index contributed by atoms with van der Waals surface area (Å²) in [4.78, 5) is 22.2. The van der Waals surface area contributed by atoms with E-state index in [2.05, 4.69) is 47.9 Å². The molecule has 0 radical (unpaired) electrons. The lowest BCUT2D eigenvalue weighted by Crippen LogP contribution is -2.37. The first-order valence-corrected chi connectivity index (χ1v) is 10.8. The Morgan fingerprint density at radius 2 is 1.81 bits per heavy atom. The molecule has 0 atom stereocenters. The van der Waals surface area contributed by atoms with E-state index in [0.717, 1.165) is 41.0 Å². The molecule has 4 aromatic rings. The number of fused-ring (bicyclic) bond motifs is 2. The Morgan fingerprint density at radius 3 is 2.59 bits per heavy atom. The number of nitrogens with zero attached hydrogens (tertiary/aromatic N) is 6. The average Bonchev–Trinajstić information content (AvgIpc) is 2.84. The zero-order chi connectivity index (χ0) is 22.1. The summed E-state index contributed by atoms with van der Waals surface area (Å²) in [5.41, 5.74) is 2.48. The monoisotopic (exact) mass is 450 g/mol. The predicted molar refractivity (Wildman–Crippen MR) is 126 cm³/mol. The Balaban J connectivity index is 1.55. The van der Waals surface area contributed by atoms with E-state index in [0.29, 0.717) is 36.6 Å². The lowest BCUT2D eigenvalue weighted by atomic mass is 10.0. The molecule has 0 saturated carbocycles. The number of anilines is 2. The molecule has 0 N–H and O–H groups in total. The number of hydrogen-bond donors (Lipinski definition) is 0. The molecule has 164 valence electrons. The predicted octanol–water partition coefficient (Wildman–Crippen LogP) is 3.71. The summed E-state index contributed by atoms with van der Waals surface area (Å²) in [6.45, 7) is 3.38. The van der Waals surface area contributed by atoms with Crippen molar-refractivity contribution in [2.45, 2.75) is 6.54 Å². The quantitative estimate of drug-likeness (QED) is 0.426. The van der Waals surface area contributed by atoms with Crippen LogP contribution in [0, 0.1) is 0 Å². The molecule has 2 aromatic heterocycles. The molecule has 1 aliphatic rings. The van der Waals surface area contributed by atoms with Crippen LogP contribution in [-0.4, -0.2) is 60.4 Å². The van der Waals surface area contributed by atoms with Crippen LogP contribution >= 0.6 is 11.6 Å². The number of aromatic nitrogens is 4. The van der Waals surface area contributed by atoms with E-state index < -0.39 is 0 Å². The summed E-state index contributed by atoms with van der Waals surface area (Å²) in [6, 6.07) is 12.3. The third-order valence-corrected chi connectivity index (χ3v) is 5.86. The molecule has 9 heteroatoms. The van der Waals surface area contributed by atoms with E-state index in [1.165, 1.54) is 0 Å². The average molecular weight is 451 g/mol. The molecule has 0 unspecified atom stereocenters. The van der Waals surface area contributed by atoms with Crippen molar-refractivity contribution in [3.05, 3.63) is 53.6 Å². The second-order valence-electron chi connectivity index (χ2n) is 7.64. The second kappa shape index (κ2) is 8.72. The topological polar surface area (TPSA) is 76.5 Å². The zero-order valence-electron chi connectivity index (χ0n) is 18.0. The molecule has 0 bridgehead atoms. The van der Waals surface area contributed by atoms with Gasteiger partial charge in [0.2, 0.25) is 5.28 Å². The van der Waals surface area contributed by atoms with Crippen LogP contribution in [0.1, 0.15) is 5.56 Å². The van der Waals surface area contributed by atoms with Crippen LogP contribution < -0.4 is 14.5 Å². The fourth-order valence-corrected chi connectivity index (χ4v) is 4.31. The van der Waals surface area contributed by atoms with Gasteiger partial charge < -0.3 is 19.3 Å². The van der Waals surface area contributed by atoms with Crippen molar-refractivity contribution in [1.29, 1.82) is 0 Å². The minimum Gasteiger partial charge on any atom is -0.496 e. The van der Waals surface area contributed by atoms with Crippen LogP contribution in [0.25, 0.3) is 21.8 Å². The molecular weight excluding hydrogens is 428 g/mol. The number of halogens is 1. The summed E-state index contributed by atoms with van der Waals surface area (Å²) in [7, 11) is 3.68. The number of hydrogen-bond acceptors (Lipinski definition) is 8. The van der Waals surface area contributed by atoms with Gasteiger partial charge in [-0.15, -0.1) is 0 Å². The van der Waals surface area contributed by atoms with Gasteiger partial charge in [-0.3, -0.25) is 0 Å². The molecule has 8 nitrogen and oxygen atoms in total. The van der Waals surface area contributed by atoms with Crippen molar-refractivity contribution in [1.82, 2.24) is 19.9 Å². The highest BCUT2D eigenvalue weighted by molar-refractivity contribution is 6.29. The molecule has 0 spiro atoms. The fourth-order valence-electron chi connectivity index (χ4n) is 4.15. The van der Waals surface area contributed by atoms with Crippen LogP contribution in [0.3, 0.4) is 0 Å². The van der Waals surface area contributed by atoms with Gasteiger partial charge in [-0.25, -0.2) is 15.0 Å². The van der Waals surface area contributed by atoms with E-state index in [4.69, 9.17) is 21.1 Å². The molecule has 0 amide bonds. The largest absolute Gasteiger partial charge is 0.496 e. The van der Waals surface area contributed by atoms with Crippen molar-refractivity contribution in [2.24, 2.45) is 0 Å². The van der Waals surface area contributed by atoms with Gasteiger partial charge in [-0.2, -0.15) is 4.98 Å². The summed E-state index contributed by atoms with van der Waals surface area (Å²) >= 11 is 6.32. The zero-order valence-corrected chi connectivity index (χ0v) is 18.7. The molecular formula is C23H23ClN6O2. The standard InChI is InChI=1S/C23H23ClN6O2/c1-29(13-15-7-8-18(31-2)17-6-4-3-5-16(15)17)21-20-19(25-14-26-21)22(28-23(24)27-20)30-9-11-32-12-10-30/h3-8,14H,9-13H2,1-2H3. The van der Waals surface area contributed by atoms with Gasteiger partial charge in [0.05, 0.1) is 20.3 Å². The Bertz CT molecular complexity index is 1280. The maximum absolute atomic E-state index is 6.32. The number of benzene rings is 2. The molecule has 1 aliphatic heterocycles. The first-order valence-electron chi connectivity index (χ1n) is 10.4. The van der Waals surface area contributed by atoms with Gasteiger partial charge in [0, 0.05) is 32.1 Å². The van der Waals surface area contributed by atoms with E-state index in [1.54, 1.807) is 13.4 Å².